The van der Waals surface area contributed by atoms with Crippen molar-refractivity contribution in [2.24, 2.45) is 11.3 Å². The average Bonchev–Trinajstić information content (AvgIpc) is 3.71. The minimum absolute atomic E-state index is 0.0336. The van der Waals surface area contributed by atoms with E-state index in [1.165, 1.54) is 18.4 Å². The van der Waals surface area contributed by atoms with Gasteiger partial charge in [0.05, 0.1) is 23.4 Å². The number of esters is 1. The van der Waals surface area contributed by atoms with E-state index in [1.807, 2.05) is 17.5 Å². The van der Waals surface area contributed by atoms with Gasteiger partial charge in [-0.05, 0) is 74.5 Å². The van der Waals surface area contributed by atoms with Crippen LogP contribution in [0.4, 0.5) is 5.69 Å². The lowest BCUT2D eigenvalue weighted by Gasteiger charge is -2.52. The van der Waals surface area contributed by atoms with Crippen molar-refractivity contribution in [2.75, 3.05) is 39.1 Å². The fourth-order valence-electron chi connectivity index (χ4n) is 6.46. The van der Waals surface area contributed by atoms with E-state index in [1.54, 1.807) is 19.2 Å². The molecule has 2 heterocycles. The Kier molecular flexibility index (Phi) is 10.9. The highest BCUT2D eigenvalue weighted by molar-refractivity contribution is 7.10. The molecule has 0 bridgehead atoms. The van der Waals surface area contributed by atoms with Crippen molar-refractivity contribution < 1.29 is 29.0 Å². The molecule has 224 valence electrons. The van der Waals surface area contributed by atoms with Crippen molar-refractivity contribution >= 4 is 47.2 Å². The van der Waals surface area contributed by atoms with Crippen LogP contribution in [-0.4, -0.2) is 68.4 Å². The van der Waals surface area contributed by atoms with Crippen LogP contribution < -0.4 is 10.1 Å². The molecule has 1 aromatic carbocycles. The molecule has 3 fully saturated rings. The van der Waals surface area contributed by atoms with Crippen LogP contribution in [0, 0.1) is 11.3 Å². The molecule has 1 atom stereocenters. The molecular formula is C31H41ClN2O6S. The summed E-state index contributed by atoms with van der Waals surface area (Å²) in [6.45, 7) is 2.90. The van der Waals surface area contributed by atoms with E-state index in [2.05, 4.69) is 10.2 Å². The molecule has 8 nitrogen and oxygen atoms in total. The fraction of sp³-hybridized carbons (Fsp3) is 0.581. The maximum atomic E-state index is 13.1. The van der Waals surface area contributed by atoms with Gasteiger partial charge in [0.25, 0.3) is 0 Å². The normalized spacial score (nSPS) is 20.3. The molecule has 2 N–H and O–H groups in total. The Morgan fingerprint density at radius 3 is 2.51 bits per heavy atom. The van der Waals surface area contributed by atoms with Gasteiger partial charge in [0.15, 0.2) is 11.9 Å². The number of piperidine rings is 1. The van der Waals surface area contributed by atoms with Gasteiger partial charge >= 0.3 is 5.97 Å². The largest absolute Gasteiger partial charge is 0.496 e. The molecule has 2 aromatic rings. The number of benzene rings is 1. The van der Waals surface area contributed by atoms with E-state index in [0.717, 1.165) is 87.9 Å². The third-order valence-electron chi connectivity index (χ3n) is 8.94. The van der Waals surface area contributed by atoms with E-state index >= 15 is 0 Å². The SMILES string of the molecule is CNc1cc(OC)c(C=O)cc1Cl.O=CCCN1CCC2(CC1)CC(OC(=O)C(O)(c1cccs1)C1CCCC1)C2. The van der Waals surface area contributed by atoms with E-state index in [4.69, 9.17) is 21.1 Å². The van der Waals surface area contributed by atoms with Gasteiger partial charge in [-0.25, -0.2) is 4.79 Å². The molecule has 3 aliphatic rings. The number of ether oxygens (including phenoxy) is 2. The Labute approximate surface area is 251 Å². The van der Waals surface area contributed by atoms with Crippen LogP contribution in [0.5, 0.6) is 5.75 Å². The van der Waals surface area contributed by atoms with Gasteiger partial charge < -0.3 is 29.6 Å². The van der Waals surface area contributed by atoms with Crippen molar-refractivity contribution in [3.05, 3.63) is 45.1 Å². The van der Waals surface area contributed by atoms with Crippen molar-refractivity contribution in [3.8, 4) is 5.75 Å². The number of nitrogens with zero attached hydrogens (tertiary/aromatic N) is 1. The van der Waals surface area contributed by atoms with Crippen LogP contribution in [0.15, 0.2) is 29.6 Å². The average molecular weight is 605 g/mol. The summed E-state index contributed by atoms with van der Waals surface area (Å²) in [5.41, 5.74) is -0.00143. The Balaban J connectivity index is 0.000000251. The number of methoxy groups -OCH3 is 1. The number of halogens is 1. The quantitative estimate of drug-likeness (QED) is 0.263. The first-order chi connectivity index (χ1) is 19.8. The fourth-order valence-corrected chi connectivity index (χ4v) is 7.62. The first-order valence-corrected chi connectivity index (χ1v) is 15.7. The molecule has 1 aromatic heterocycles. The number of carbonyl (C=O) groups excluding carboxylic acids is 3. The number of thiophene rings is 1. The highest BCUT2D eigenvalue weighted by atomic mass is 35.5. The summed E-state index contributed by atoms with van der Waals surface area (Å²) in [7, 11) is 3.26. The summed E-state index contributed by atoms with van der Waals surface area (Å²) in [4.78, 5) is 37.3. The Hall–Kier alpha value is -2.46. The van der Waals surface area contributed by atoms with Crippen LogP contribution in [0.1, 0.15) is 73.0 Å². The van der Waals surface area contributed by atoms with Gasteiger partial charge in [0, 0.05) is 36.9 Å². The molecule has 1 aliphatic heterocycles. The maximum Gasteiger partial charge on any atom is 0.344 e. The second-order valence-electron chi connectivity index (χ2n) is 11.4. The molecule has 0 radical (unpaired) electrons. The molecule has 1 unspecified atom stereocenters. The lowest BCUT2D eigenvalue weighted by Crippen LogP contribution is -2.52. The van der Waals surface area contributed by atoms with Crippen LogP contribution in [0.3, 0.4) is 0 Å². The minimum Gasteiger partial charge on any atom is -0.496 e. The number of aldehydes is 2. The van der Waals surface area contributed by atoms with Crippen molar-refractivity contribution in [3.63, 3.8) is 0 Å². The van der Waals surface area contributed by atoms with Gasteiger partial charge in [0.2, 0.25) is 0 Å². The van der Waals surface area contributed by atoms with E-state index in [-0.39, 0.29) is 17.4 Å². The van der Waals surface area contributed by atoms with Crippen LogP contribution >= 0.6 is 22.9 Å². The second kappa shape index (κ2) is 14.1. The predicted octanol–water partition coefficient (Wildman–Crippen LogP) is 5.71. The summed E-state index contributed by atoms with van der Waals surface area (Å²) >= 11 is 7.31. The zero-order valence-corrected chi connectivity index (χ0v) is 25.5. The monoisotopic (exact) mass is 604 g/mol. The van der Waals surface area contributed by atoms with E-state index < -0.39 is 11.6 Å². The Bertz CT molecular complexity index is 1170. The number of nitrogens with one attached hydrogen (secondary N) is 1. The van der Waals surface area contributed by atoms with E-state index in [9.17, 15) is 19.5 Å². The van der Waals surface area contributed by atoms with Gasteiger partial charge in [-0.2, -0.15) is 0 Å². The number of hydrogen-bond donors (Lipinski definition) is 2. The number of carbonyl (C=O) groups is 3. The molecule has 41 heavy (non-hydrogen) atoms. The Morgan fingerprint density at radius 2 is 1.95 bits per heavy atom. The summed E-state index contributed by atoms with van der Waals surface area (Å²) in [6.07, 6.45) is 10.2. The van der Waals surface area contributed by atoms with Gasteiger partial charge in [-0.3, -0.25) is 4.79 Å². The van der Waals surface area contributed by atoms with Gasteiger partial charge in [-0.1, -0.05) is 30.5 Å². The first kappa shape index (κ1) is 31.5. The molecule has 2 aliphatic carbocycles. The summed E-state index contributed by atoms with van der Waals surface area (Å²) in [6, 6.07) is 7.01. The second-order valence-corrected chi connectivity index (χ2v) is 12.8. The molecule has 5 rings (SSSR count). The highest BCUT2D eigenvalue weighted by Crippen LogP contribution is 2.51. The third-order valence-corrected chi connectivity index (χ3v) is 10.3. The molecule has 10 heteroatoms. The lowest BCUT2D eigenvalue weighted by molar-refractivity contribution is -0.192. The number of hydrogen-bond acceptors (Lipinski definition) is 9. The standard InChI is InChI=1S/C22H31NO4S.C9H10ClNO2/c24-13-4-10-23-11-8-21(9-12-23)15-18(16-21)27-20(25)22(26,17-5-1-2-6-17)19-7-3-14-28-19;1-11-8-4-9(13-2)6(5-12)3-7(8)10/h3,7,13-14,17-18,26H,1-2,4-6,8-12,15-16H2;3-5,11H,1-2H3. The van der Waals surface area contributed by atoms with Crippen LogP contribution in [0.2, 0.25) is 5.02 Å². The predicted molar refractivity (Wildman–Crippen MR) is 161 cm³/mol. The number of aliphatic hydroxyl groups is 1. The van der Waals surface area contributed by atoms with Crippen LogP contribution in [-0.2, 0) is 19.9 Å². The van der Waals surface area contributed by atoms with Crippen LogP contribution in [0.25, 0.3) is 0 Å². The number of rotatable bonds is 10. The lowest BCUT2D eigenvalue weighted by atomic mass is 9.61. The van der Waals surface area contributed by atoms with E-state index in [0.29, 0.717) is 29.0 Å². The molecule has 1 spiro atoms. The number of likely N-dealkylation sites (tertiary alicyclic amines) is 1. The van der Waals surface area contributed by atoms with Crippen molar-refractivity contribution in [1.29, 1.82) is 0 Å². The summed E-state index contributed by atoms with van der Waals surface area (Å²) < 4.78 is 10.9. The zero-order chi connectivity index (χ0) is 29.5. The topological polar surface area (TPSA) is 105 Å². The molecular weight excluding hydrogens is 564 g/mol. The molecule has 0 amide bonds. The number of anilines is 1. The van der Waals surface area contributed by atoms with Crippen molar-refractivity contribution in [2.45, 2.75) is 69.5 Å². The minimum atomic E-state index is -1.48. The summed E-state index contributed by atoms with van der Waals surface area (Å²) in [5, 5.41) is 16.7. The molecule has 1 saturated heterocycles. The van der Waals surface area contributed by atoms with Crippen molar-refractivity contribution in [1.82, 2.24) is 4.90 Å². The first-order valence-electron chi connectivity index (χ1n) is 14.4. The third kappa shape index (κ3) is 7.13. The Morgan fingerprint density at radius 1 is 1.24 bits per heavy atom. The zero-order valence-electron chi connectivity index (χ0n) is 23.9. The smallest absolute Gasteiger partial charge is 0.344 e. The molecule has 2 saturated carbocycles. The highest BCUT2D eigenvalue weighted by Gasteiger charge is 2.53. The van der Waals surface area contributed by atoms with Gasteiger partial charge in [0.1, 0.15) is 18.1 Å². The summed E-state index contributed by atoms with van der Waals surface area (Å²) in [5.74, 6) is 0.0441. The maximum absolute atomic E-state index is 13.1. The van der Waals surface area contributed by atoms with Gasteiger partial charge in [-0.15, -0.1) is 11.3 Å².